The van der Waals surface area contributed by atoms with Gasteiger partial charge in [-0.1, -0.05) is 23.7 Å². The molecule has 0 unspecified atom stereocenters. The summed E-state index contributed by atoms with van der Waals surface area (Å²) in [6, 6.07) is 8.98. The second-order valence-electron chi connectivity index (χ2n) is 4.18. The van der Waals surface area contributed by atoms with Gasteiger partial charge in [-0.3, -0.25) is 0 Å². The molecule has 0 radical (unpaired) electrons. The van der Waals surface area contributed by atoms with Crippen molar-refractivity contribution in [1.29, 1.82) is 0 Å². The molecule has 0 spiro atoms. The van der Waals surface area contributed by atoms with Crippen LogP contribution in [0.1, 0.15) is 15.9 Å². The zero-order valence-electron chi connectivity index (χ0n) is 10.4. The van der Waals surface area contributed by atoms with Crippen LogP contribution in [0.25, 0.3) is 0 Å². The van der Waals surface area contributed by atoms with Gasteiger partial charge in [0.2, 0.25) is 0 Å². The number of benzene rings is 1. The summed E-state index contributed by atoms with van der Waals surface area (Å²) in [7, 11) is 0. The Morgan fingerprint density at radius 2 is 2.15 bits per heavy atom. The number of anilines is 1. The molecule has 0 amide bonds. The molecule has 1 aromatic heterocycles. The van der Waals surface area contributed by atoms with Gasteiger partial charge in [0.15, 0.2) is 0 Å². The van der Waals surface area contributed by atoms with E-state index in [1.54, 1.807) is 6.07 Å². The van der Waals surface area contributed by atoms with E-state index in [0.29, 0.717) is 18.8 Å². The number of nitrogens with one attached hydrogen (secondary N) is 1. The average Bonchev–Trinajstić information content (AvgIpc) is 2.38. The first kappa shape index (κ1) is 14.3. The van der Waals surface area contributed by atoms with Gasteiger partial charge in [-0.05, 0) is 36.2 Å². The molecular formula is C14H12ClFN2O2. The number of rotatable bonds is 5. The Hall–Kier alpha value is -2.14. The number of aromatic carboxylic acids is 1. The number of hydrogen-bond acceptors (Lipinski definition) is 3. The van der Waals surface area contributed by atoms with Crippen molar-refractivity contribution in [3.63, 3.8) is 0 Å². The van der Waals surface area contributed by atoms with Crippen LogP contribution < -0.4 is 5.32 Å². The molecule has 104 valence electrons. The van der Waals surface area contributed by atoms with Crippen LogP contribution in [0.2, 0.25) is 5.15 Å². The van der Waals surface area contributed by atoms with Gasteiger partial charge in [0, 0.05) is 6.54 Å². The monoisotopic (exact) mass is 294 g/mol. The lowest BCUT2D eigenvalue weighted by Gasteiger charge is -2.07. The summed E-state index contributed by atoms with van der Waals surface area (Å²) < 4.78 is 13.0. The molecule has 6 heteroatoms. The molecule has 0 aliphatic carbocycles. The number of hydrogen-bond donors (Lipinski definition) is 2. The van der Waals surface area contributed by atoms with E-state index in [2.05, 4.69) is 10.3 Å². The van der Waals surface area contributed by atoms with E-state index in [1.165, 1.54) is 24.3 Å². The maximum absolute atomic E-state index is 13.0. The van der Waals surface area contributed by atoms with Crippen LogP contribution >= 0.6 is 11.6 Å². The molecule has 4 nitrogen and oxygen atoms in total. The van der Waals surface area contributed by atoms with Gasteiger partial charge in [0.05, 0.1) is 5.56 Å². The molecule has 0 aliphatic rings. The first-order valence-electron chi connectivity index (χ1n) is 5.94. The molecule has 20 heavy (non-hydrogen) atoms. The van der Waals surface area contributed by atoms with Crippen LogP contribution in [0.5, 0.6) is 0 Å². The minimum Gasteiger partial charge on any atom is -0.478 e. The number of aromatic nitrogens is 1. The number of carbonyl (C=O) groups is 1. The summed E-state index contributed by atoms with van der Waals surface area (Å²) in [5, 5.41) is 12.0. The van der Waals surface area contributed by atoms with Crippen molar-refractivity contribution < 1.29 is 14.3 Å². The predicted molar refractivity (Wildman–Crippen MR) is 74.8 cm³/mol. The summed E-state index contributed by atoms with van der Waals surface area (Å²) >= 11 is 5.75. The third-order valence-corrected chi connectivity index (χ3v) is 2.84. The summed E-state index contributed by atoms with van der Waals surface area (Å²) in [6.45, 7) is 0.496. The predicted octanol–water partition coefficient (Wildman–Crippen LogP) is 3.23. The minimum atomic E-state index is -1.07. The highest BCUT2D eigenvalue weighted by Gasteiger charge is 2.07. The smallest absolute Gasteiger partial charge is 0.335 e. The van der Waals surface area contributed by atoms with Crippen molar-refractivity contribution in [2.45, 2.75) is 6.42 Å². The largest absolute Gasteiger partial charge is 0.478 e. The fraction of sp³-hybridized carbons (Fsp3) is 0.143. The molecule has 1 heterocycles. The molecule has 2 aromatic rings. The van der Waals surface area contributed by atoms with E-state index in [-0.39, 0.29) is 16.5 Å². The number of pyridine rings is 1. The molecule has 2 rings (SSSR count). The fourth-order valence-electron chi connectivity index (χ4n) is 1.74. The van der Waals surface area contributed by atoms with Gasteiger partial charge >= 0.3 is 5.97 Å². The van der Waals surface area contributed by atoms with Gasteiger partial charge < -0.3 is 10.4 Å². The third-order valence-electron chi connectivity index (χ3n) is 2.65. The summed E-state index contributed by atoms with van der Waals surface area (Å²) in [4.78, 5) is 14.9. The summed E-state index contributed by atoms with van der Waals surface area (Å²) in [6.07, 6.45) is 0.592. The molecule has 0 saturated carbocycles. The number of carboxylic acids is 1. The Kier molecular flexibility index (Phi) is 4.53. The molecule has 0 atom stereocenters. The Labute approximate surface area is 120 Å². The lowest BCUT2D eigenvalue weighted by Crippen LogP contribution is -2.08. The SMILES string of the molecule is O=C(O)c1cc(Cl)nc(NCCc2cccc(F)c2)c1. The van der Waals surface area contributed by atoms with E-state index in [1.807, 2.05) is 6.07 Å². The first-order valence-corrected chi connectivity index (χ1v) is 6.31. The zero-order chi connectivity index (χ0) is 14.5. The minimum absolute atomic E-state index is 0.0678. The van der Waals surface area contributed by atoms with E-state index < -0.39 is 5.97 Å². The molecule has 0 bridgehead atoms. The van der Waals surface area contributed by atoms with E-state index in [4.69, 9.17) is 16.7 Å². The first-order chi connectivity index (χ1) is 9.54. The molecule has 0 fully saturated rings. The molecule has 0 aliphatic heterocycles. The number of nitrogens with zero attached hydrogens (tertiary/aromatic N) is 1. The molecule has 2 N–H and O–H groups in total. The van der Waals surface area contributed by atoms with Crippen molar-refractivity contribution >= 4 is 23.4 Å². The summed E-state index contributed by atoms with van der Waals surface area (Å²) in [5.74, 6) is -0.967. The van der Waals surface area contributed by atoms with Gasteiger partial charge in [-0.15, -0.1) is 0 Å². The summed E-state index contributed by atoms with van der Waals surface area (Å²) in [5.41, 5.74) is 0.913. The topological polar surface area (TPSA) is 62.2 Å². The van der Waals surface area contributed by atoms with Crippen molar-refractivity contribution in [2.75, 3.05) is 11.9 Å². The van der Waals surface area contributed by atoms with Gasteiger partial charge in [0.1, 0.15) is 16.8 Å². The highest BCUT2D eigenvalue weighted by atomic mass is 35.5. The van der Waals surface area contributed by atoms with E-state index in [0.717, 1.165) is 5.56 Å². The lowest BCUT2D eigenvalue weighted by atomic mass is 10.1. The maximum Gasteiger partial charge on any atom is 0.335 e. The van der Waals surface area contributed by atoms with Crippen molar-refractivity contribution in [3.8, 4) is 0 Å². The Morgan fingerprint density at radius 3 is 2.85 bits per heavy atom. The van der Waals surface area contributed by atoms with Crippen LogP contribution in [0.4, 0.5) is 10.2 Å². The fourth-order valence-corrected chi connectivity index (χ4v) is 1.95. The normalized spacial score (nSPS) is 10.3. The van der Waals surface area contributed by atoms with Crippen molar-refractivity contribution in [2.24, 2.45) is 0 Å². The van der Waals surface area contributed by atoms with Crippen LogP contribution in [0.15, 0.2) is 36.4 Å². The zero-order valence-corrected chi connectivity index (χ0v) is 11.2. The average molecular weight is 295 g/mol. The highest BCUT2D eigenvalue weighted by molar-refractivity contribution is 6.29. The van der Waals surface area contributed by atoms with Crippen molar-refractivity contribution in [1.82, 2.24) is 4.98 Å². The lowest BCUT2D eigenvalue weighted by molar-refractivity contribution is 0.0697. The number of halogens is 2. The second-order valence-corrected chi connectivity index (χ2v) is 4.56. The van der Waals surface area contributed by atoms with Gasteiger partial charge in [-0.2, -0.15) is 0 Å². The second kappa shape index (κ2) is 6.34. The van der Waals surface area contributed by atoms with Gasteiger partial charge in [-0.25, -0.2) is 14.2 Å². The Balaban J connectivity index is 1.99. The Morgan fingerprint density at radius 1 is 1.35 bits per heavy atom. The van der Waals surface area contributed by atoms with E-state index >= 15 is 0 Å². The number of carboxylic acid groups (broad SMARTS) is 1. The van der Waals surface area contributed by atoms with Crippen LogP contribution in [0, 0.1) is 5.82 Å². The van der Waals surface area contributed by atoms with E-state index in [9.17, 15) is 9.18 Å². The van der Waals surface area contributed by atoms with Crippen LogP contribution in [-0.2, 0) is 6.42 Å². The quantitative estimate of drug-likeness (QED) is 0.831. The standard InChI is InChI=1S/C14H12ClFN2O2/c15-12-7-10(14(19)20)8-13(18-12)17-5-4-9-2-1-3-11(16)6-9/h1-3,6-8H,4-5H2,(H,17,18)(H,19,20). The maximum atomic E-state index is 13.0. The molecular weight excluding hydrogens is 283 g/mol. The molecule has 1 aromatic carbocycles. The highest BCUT2D eigenvalue weighted by Crippen LogP contribution is 2.14. The third kappa shape index (κ3) is 3.93. The van der Waals surface area contributed by atoms with Crippen molar-refractivity contribution in [3.05, 3.63) is 58.5 Å². The Bertz CT molecular complexity index is 634. The van der Waals surface area contributed by atoms with Gasteiger partial charge in [0.25, 0.3) is 0 Å². The van der Waals surface area contributed by atoms with Crippen LogP contribution in [-0.4, -0.2) is 22.6 Å². The molecule has 0 saturated heterocycles. The van der Waals surface area contributed by atoms with Crippen LogP contribution in [0.3, 0.4) is 0 Å².